The maximum Gasteiger partial charge on any atom is 0.233 e. The van der Waals surface area contributed by atoms with Crippen molar-refractivity contribution in [3.63, 3.8) is 0 Å². The summed E-state index contributed by atoms with van der Waals surface area (Å²) < 4.78 is 5.34. The number of carbonyl (C=O) groups is 1. The van der Waals surface area contributed by atoms with E-state index in [4.69, 9.17) is 15.7 Å². The molecular weight excluding hydrogens is 210 g/mol. The summed E-state index contributed by atoms with van der Waals surface area (Å²) in [6.07, 6.45) is 0.797. The third-order valence-electron chi connectivity index (χ3n) is 3.01. The van der Waals surface area contributed by atoms with Gasteiger partial charge < -0.3 is 21.0 Å². The van der Waals surface area contributed by atoms with E-state index in [9.17, 15) is 4.79 Å². The van der Waals surface area contributed by atoms with Crippen LogP contribution in [-0.4, -0.2) is 35.7 Å². The molecule has 1 fully saturated rings. The second-order valence-corrected chi connectivity index (χ2v) is 4.55. The van der Waals surface area contributed by atoms with Crippen LogP contribution in [0.25, 0.3) is 0 Å². The van der Waals surface area contributed by atoms with Gasteiger partial charge in [-0.1, -0.05) is 5.16 Å². The number of nitrogens with one attached hydrogen (secondary N) is 1. The molecular formula is C10H19N3O3. The van der Waals surface area contributed by atoms with Crippen LogP contribution in [0.15, 0.2) is 5.16 Å². The number of hydrogen-bond donors (Lipinski definition) is 3. The van der Waals surface area contributed by atoms with Gasteiger partial charge in [-0.15, -0.1) is 0 Å². The van der Waals surface area contributed by atoms with Gasteiger partial charge in [0, 0.05) is 6.61 Å². The van der Waals surface area contributed by atoms with Crippen molar-refractivity contribution in [2.24, 2.45) is 16.3 Å². The minimum atomic E-state index is -1.02. The van der Waals surface area contributed by atoms with Crippen LogP contribution in [0.2, 0.25) is 0 Å². The number of amidine groups is 1. The Morgan fingerprint density at radius 1 is 1.62 bits per heavy atom. The number of nitrogens with two attached hydrogens (primary N) is 1. The molecule has 1 aliphatic heterocycles. The number of amides is 1. The van der Waals surface area contributed by atoms with E-state index in [1.54, 1.807) is 13.8 Å². The Morgan fingerprint density at radius 3 is 2.69 bits per heavy atom. The van der Waals surface area contributed by atoms with Gasteiger partial charge in [0.25, 0.3) is 0 Å². The van der Waals surface area contributed by atoms with Crippen molar-refractivity contribution in [2.45, 2.75) is 39.3 Å². The molecule has 1 aliphatic rings. The molecule has 4 N–H and O–H groups in total. The van der Waals surface area contributed by atoms with E-state index in [1.807, 2.05) is 6.92 Å². The van der Waals surface area contributed by atoms with Crippen LogP contribution in [0, 0.1) is 5.41 Å². The van der Waals surface area contributed by atoms with Crippen LogP contribution in [0.5, 0.6) is 0 Å². The van der Waals surface area contributed by atoms with Gasteiger partial charge in [-0.25, -0.2) is 0 Å². The van der Waals surface area contributed by atoms with E-state index in [-0.39, 0.29) is 23.9 Å². The molecule has 1 rings (SSSR count). The molecule has 1 heterocycles. The molecule has 0 aromatic carbocycles. The lowest BCUT2D eigenvalue weighted by Gasteiger charge is -2.25. The predicted octanol–water partition coefficient (Wildman–Crippen LogP) is 0.0526. The summed E-state index contributed by atoms with van der Waals surface area (Å²) in [7, 11) is 0. The average molecular weight is 229 g/mol. The molecule has 1 amide bonds. The summed E-state index contributed by atoms with van der Waals surface area (Å²) >= 11 is 0. The monoisotopic (exact) mass is 229 g/mol. The second-order valence-electron chi connectivity index (χ2n) is 4.55. The summed E-state index contributed by atoms with van der Waals surface area (Å²) in [6.45, 7) is 5.78. The standard InChI is InChI=1S/C10H19N3O3/c1-6-7(4-5-16-6)12-9(14)10(2,3)8(11)13-15/h6-7,15H,4-5H2,1-3H3,(H2,11,13)(H,12,14). The molecule has 2 unspecified atom stereocenters. The van der Waals surface area contributed by atoms with E-state index in [2.05, 4.69) is 10.5 Å². The lowest BCUT2D eigenvalue weighted by Crippen LogP contribution is -2.50. The highest BCUT2D eigenvalue weighted by atomic mass is 16.5. The minimum absolute atomic E-state index is 0.00160. The summed E-state index contributed by atoms with van der Waals surface area (Å²) in [6, 6.07) is -0.00160. The SMILES string of the molecule is CC1OCCC1NC(=O)C(C)(C)C(N)=NO. The fourth-order valence-electron chi connectivity index (χ4n) is 1.51. The summed E-state index contributed by atoms with van der Waals surface area (Å²) in [5, 5.41) is 14.3. The van der Waals surface area contributed by atoms with Crippen LogP contribution in [0.4, 0.5) is 0 Å². The van der Waals surface area contributed by atoms with Crippen LogP contribution < -0.4 is 11.1 Å². The van der Waals surface area contributed by atoms with Gasteiger partial charge >= 0.3 is 0 Å². The molecule has 6 heteroatoms. The molecule has 2 atom stereocenters. The number of ether oxygens (including phenoxy) is 1. The van der Waals surface area contributed by atoms with Crippen LogP contribution >= 0.6 is 0 Å². The van der Waals surface area contributed by atoms with Gasteiger partial charge in [-0.05, 0) is 27.2 Å². The van der Waals surface area contributed by atoms with Crippen molar-refractivity contribution in [2.75, 3.05) is 6.61 Å². The lowest BCUT2D eigenvalue weighted by atomic mass is 9.90. The van der Waals surface area contributed by atoms with Crippen molar-refractivity contribution in [3.8, 4) is 0 Å². The number of hydrogen-bond acceptors (Lipinski definition) is 4. The first-order valence-electron chi connectivity index (χ1n) is 5.30. The maximum atomic E-state index is 11.9. The van der Waals surface area contributed by atoms with Crippen molar-refractivity contribution in [1.82, 2.24) is 5.32 Å². The topological polar surface area (TPSA) is 96.9 Å². The van der Waals surface area contributed by atoms with E-state index >= 15 is 0 Å². The maximum absolute atomic E-state index is 11.9. The Bertz CT molecular complexity index is 302. The van der Waals surface area contributed by atoms with Gasteiger partial charge in [0.15, 0.2) is 5.84 Å². The number of carbonyl (C=O) groups excluding carboxylic acids is 1. The zero-order chi connectivity index (χ0) is 12.3. The van der Waals surface area contributed by atoms with Crippen LogP contribution in [0.3, 0.4) is 0 Å². The van der Waals surface area contributed by atoms with Crippen molar-refractivity contribution >= 4 is 11.7 Å². The zero-order valence-corrected chi connectivity index (χ0v) is 9.86. The van der Waals surface area contributed by atoms with Gasteiger partial charge in [0.1, 0.15) is 5.41 Å². The summed E-state index contributed by atoms with van der Waals surface area (Å²) in [5.41, 5.74) is 4.45. The Labute approximate surface area is 94.8 Å². The van der Waals surface area contributed by atoms with Crippen molar-refractivity contribution in [3.05, 3.63) is 0 Å². The predicted molar refractivity (Wildman–Crippen MR) is 59.2 cm³/mol. The minimum Gasteiger partial charge on any atom is -0.409 e. The third kappa shape index (κ3) is 2.44. The smallest absolute Gasteiger partial charge is 0.233 e. The summed E-state index contributed by atoms with van der Waals surface area (Å²) in [5.74, 6) is -0.360. The number of rotatable bonds is 3. The Morgan fingerprint density at radius 2 is 2.25 bits per heavy atom. The zero-order valence-electron chi connectivity index (χ0n) is 9.86. The van der Waals surface area contributed by atoms with E-state index in [0.717, 1.165) is 6.42 Å². The highest BCUT2D eigenvalue weighted by Crippen LogP contribution is 2.19. The Hall–Kier alpha value is -1.30. The van der Waals surface area contributed by atoms with E-state index in [0.29, 0.717) is 6.61 Å². The molecule has 0 radical (unpaired) electrons. The van der Waals surface area contributed by atoms with Crippen LogP contribution in [0.1, 0.15) is 27.2 Å². The van der Waals surface area contributed by atoms with Gasteiger partial charge in [0.2, 0.25) is 5.91 Å². The second kappa shape index (κ2) is 4.69. The molecule has 1 saturated heterocycles. The molecule has 0 aromatic rings. The van der Waals surface area contributed by atoms with Gasteiger partial charge in [-0.2, -0.15) is 0 Å². The molecule has 92 valence electrons. The van der Waals surface area contributed by atoms with Crippen molar-refractivity contribution < 1.29 is 14.7 Å². The summed E-state index contributed by atoms with van der Waals surface area (Å²) in [4.78, 5) is 11.9. The fraction of sp³-hybridized carbons (Fsp3) is 0.800. The van der Waals surface area contributed by atoms with E-state index < -0.39 is 5.41 Å². The average Bonchev–Trinajstić information content (AvgIpc) is 2.63. The highest BCUT2D eigenvalue weighted by Gasteiger charge is 2.36. The fourth-order valence-corrected chi connectivity index (χ4v) is 1.51. The largest absolute Gasteiger partial charge is 0.409 e. The molecule has 0 aliphatic carbocycles. The van der Waals surface area contributed by atoms with Gasteiger partial charge in [0.05, 0.1) is 12.1 Å². The number of oxime groups is 1. The molecule has 0 bridgehead atoms. The van der Waals surface area contributed by atoms with Gasteiger partial charge in [-0.3, -0.25) is 4.79 Å². The molecule has 0 saturated carbocycles. The molecule has 16 heavy (non-hydrogen) atoms. The first kappa shape index (κ1) is 12.8. The van der Waals surface area contributed by atoms with E-state index in [1.165, 1.54) is 0 Å². The first-order valence-corrected chi connectivity index (χ1v) is 5.30. The molecule has 6 nitrogen and oxygen atoms in total. The Balaban J connectivity index is 2.64. The molecule has 0 aromatic heterocycles. The highest BCUT2D eigenvalue weighted by molar-refractivity contribution is 6.05. The molecule has 0 spiro atoms. The number of nitrogens with zero attached hydrogens (tertiary/aromatic N) is 1. The third-order valence-corrected chi connectivity index (χ3v) is 3.01. The first-order chi connectivity index (χ1) is 7.39. The Kier molecular flexibility index (Phi) is 3.74. The van der Waals surface area contributed by atoms with Crippen LogP contribution in [-0.2, 0) is 9.53 Å². The van der Waals surface area contributed by atoms with Crippen molar-refractivity contribution in [1.29, 1.82) is 0 Å². The quantitative estimate of drug-likeness (QED) is 0.276. The lowest BCUT2D eigenvalue weighted by molar-refractivity contribution is -0.127. The normalized spacial score (nSPS) is 26.8.